The maximum atomic E-state index is 13.2. The summed E-state index contributed by atoms with van der Waals surface area (Å²) < 4.78 is 1.67. The molecule has 2 aromatic heterocycles. The molecule has 3 heterocycles. The Hall–Kier alpha value is -3.00. The quantitative estimate of drug-likeness (QED) is 0.516. The molecule has 34 heavy (non-hydrogen) atoms. The molecule has 7 nitrogen and oxygen atoms in total. The highest BCUT2D eigenvalue weighted by molar-refractivity contribution is 7.13. The number of benzene rings is 1. The van der Waals surface area contributed by atoms with E-state index < -0.39 is 0 Å². The number of rotatable bonds is 7. The van der Waals surface area contributed by atoms with Gasteiger partial charge in [0.1, 0.15) is 11.4 Å². The number of piperidine rings is 1. The maximum Gasteiger partial charge on any atom is 0.265 e. The molecule has 1 fully saturated rings. The molecule has 3 aromatic rings. The summed E-state index contributed by atoms with van der Waals surface area (Å²) in [4.78, 5) is 35.3. The zero-order valence-electron chi connectivity index (χ0n) is 20.4. The number of carbonyl (C=O) groups excluding carboxylic acids is 2. The summed E-state index contributed by atoms with van der Waals surface area (Å²) in [5, 5.41) is 5.12. The number of likely N-dealkylation sites (tertiary alicyclic amines) is 1. The van der Waals surface area contributed by atoms with Crippen molar-refractivity contribution in [2.75, 3.05) is 20.1 Å². The average Bonchev–Trinajstić information content (AvgIpc) is 3.46. The first-order valence-corrected chi connectivity index (χ1v) is 12.7. The van der Waals surface area contributed by atoms with Crippen molar-refractivity contribution in [3.05, 3.63) is 69.4 Å². The number of aromatic nitrogens is 3. The van der Waals surface area contributed by atoms with Crippen LogP contribution in [0.3, 0.4) is 0 Å². The molecule has 0 N–H and O–H groups in total. The molecule has 2 amide bonds. The van der Waals surface area contributed by atoms with E-state index >= 15 is 0 Å². The van der Waals surface area contributed by atoms with E-state index in [0.29, 0.717) is 19.0 Å². The molecule has 1 aliphatic rings. The van der Waals surface area contributed by atoms with Crippen molar-refractivity contribution in [1.29, 1.82) is 0 Å². The fraction of sp³-hybridized carbons (Fsp3) is 0.462. The van der Waals surface area contributed by atoms with Gasteiger partial charge in [-0.25, -0.2) is 4.98 Å². The summed E-state index contributed by atoms with van der Waals surface area (Å²) >= 11 is 1.47. The molecule has 1 saturated heterocycles. The van der Waals surface area contributed by atoms with Crippen molar-refractivity contribution >= 4 is 23.2 Å². The third kappa shape index (κ3) is 5.38. The van der Waals surface area contributed by atoms with Crippen LogP contribution in [0.25, 0.3) is 0 Å². The van der Waals surface area contributed by atoms with Crippen molar-refractivity contribution in [3.8, 4) is 0 Å². The van der Waals surface area contributed by atoms with E-state index in [-0.39, 0.29) is 24.4 Å². The molecule has 8 heteroatoms. The van der Waals surface area contributed by atoms with E-state index in [1.54, 1.807) is 10.9 Å². The Morgan fingerprint density at radius 2 is 1.88 bits per heavy atom. The van der Waals surface area contributed by atoms with E-state index in [4.69, 9.17) is 0 Å². The van der Waals surface area contributed by atoms with Crippen molar-refractivity contribution < 1.29 is 9.59 Å². The van der Waals surface area contributed by atoms with Crippen molar-refractivity contribution in [2.24, 2.45) is 5.92 Å². The van der Waals surface area contributed by atoms with Gasteiger partial charge in [0.25, 0.3) is 5.91 Å². The highest BCUT2D eigenvalue weighted by Gasteiger charge is 2.34. The summed E-state index contributed by atoms with van der Waals surface area (Å²) in [5.41, 5.74) is 3.32. The van der Waals surface area contributed by atoms with Gasteiger partial charge in [0.2, 0.25) is 5.91 Å². The Morgan fingerprint density at radius 3 is 2.50 bits per heavy atom. The first kappa shape index (κ1) is 24.1. The van der Waals surface area contributed by atoms with Gasteiger partial charge in [-0.15, -0.1) is 11.3 Å². The lowest BCUT2D eigenvalue weighted by Gasteiger charge is -2.40. The van der Waals surface area contributed by atoms with Crippen LogP contribution in [0.15, 0.2) is 42.7 Å². The van der Waals surface area contributed by atoms with E-state index in [9.17, 15) is 9.59 Å². The second-order valence-corrected chi connectivity index (χ2v) is 10.4. The molecule has 0 radical (unpaired) electrons. The lowest BCUT2D eigenvalue weighted by Crippen LogP contribution is -2.49. The van der Waals surface area contributed by atoms with E-state index in [0.717, 1.165) is 34.8 Å². The standard InChI is InChI=1S/C26H33N5O2S/c1-18-8-5-6-9-22(18)16-23(29(4)24(32)17-31-13-7-12-27-31)21-10-14-30(15-11-21)26(33)25-19(2)28-20(3)34-25/h5-9,12-13,21,23H,10-11,14-17H2,1-4H3. The van der Waals surface area contributed by atoms with Gasteiger partial charge in [-0.2, -0.15) is 5.10 Å². The third-order valence-electron chi connectivity index (χ3n) is 6.91. The number of hydrogen-bond donors (Lipinski definition) is 0. The predicted octanol–water partition coefficient (Wildman–Crippen LogP) is 3.89. The Kier molecular flexibility index (Phi) is 7.46. The lowest BCUT2D eigenvalue weighted by atomic mass is 9.84. The van der Waals surface area contributed by atoms with E-state index in [1.807, 2.05) is 49.0 Å². The summed E-state index contributed by atoms with van der Waals surface area (Å²) in [5.74, 6) is 0.455. The van der Waals surface area contributed by atoms with Crippen LogP contribution in [0.5, 0.6) is 0 Å². The zero-order valence-corrected chi connectivity index (χ0v) is 21.2. The molecule has 0 saturated carbocycles. The fourth-order valence-electron chi connectivity index (χ4n) is 4.87. The molecule has 1 atom stereocenters. The first-order chi connectivity index (χ1) is 16.3. The smallest absolute Gasteiger partial charge is 0.265 e. The number of thiazole rings is 1. The number of aryl methyl sites for hydroxylation is 3. The van der Waals surface area contributed by atoms with Crippen LogP contribution in [0.4, 0.5) is 0 Å². The molecule has 180 valence electrons. The minimum absolute atomic E-state index is 0.0524. The van der Waals surface area contributed by atoms with Crippen LogP contribution in [-0.2, 0) is 17.8 Å². The lowest BCUT2D eigenvalue weighted by molar-refractivity contribution is -0.134. The Balaban J connectivity index is 1.48. The highest BCUT2D eigenvalue weighted by atomic mass is 32.1. The normalized spacial score (nSPS) is 15.4. The van der Waals surface area contributed by atoms with Crippen LogP contribution >= 0.6 is 11.3 Å². The van der Waals surface area contributed by atoms with Crippen molar-refractivity contribution in [1.82, 2.24) is 24.6 Å². The minimum atomic E-state index is 0.0524. The second-order valence-electron chi connectivity index (χ2n) is 9.18. The molecule has 0 bridgehead atoms. The van der Waals surface area contributed by atoms with Gasteiger partial charge in [-0.3, -0.25) is 14.3 Å². The molecular weight excluding hydrogens is 446 g/mol. The molecule has 1 aromatic carbocycles. The maximum absolute atomic E-state index is 13.2. The predicted molar refractivity (Wildman–Crippen MR) is 134 cm³/mol. The van der Waals surface area contributed by atoms with Gasteiger partial charge in [0.15, 0.2) is 0 Å². The summed E-state index contributed by atoms with van der Waals surface area (Å²) in [6, 6.07) is 10.3. The summed E-state index contributed by atoms with van der Waals surface area (Å²) in [7, 11) is 1.91. The first-order valence-electron chi connectivity index (χ1n) is 11.8. The van der Waals surface area contributed by atoms with Gasteiger partial charge in [-0.05, 0) is 63.1 Å². The topological polar surface area (TPSA) is 71.3 Å². The van der Waals surface area contributed by atoms with Crippen molar-refractivity contribution in [2.45, 2.75) is 52.6 Å². The van der Waals surface area contributed by atoms with Crippen LogP contribution < -0.4 is 0 Å². The molecule has 1 unspecified atom stereocenters. The molecular formula is C26H33N5O2S. The second kappa shape index (κ2) is 10.5. The van der Waals surface area contributed by atoms with Crippen LogP contribution in [0.2, 0.25) is 0 Å². The van der Waals surface area contributed by atoms with Gasteiger partial charge < -0.3 is 9.80 Å². The summed E-state index contributed by atoms with van der Waals surface area (Å²) in [6.45, 7) is 7.60. The molecule has 4 rings (SSSR count). The van der Waals surface area contributed by atoms with Gasteiger partial charge >= 0.3 is 0 Å². The zero-order chi connectivity index (χ0) is 24.2. The Morgan fingerprint density at radius 1 is 1.15 bits per heavy atom. The number of amides is 2. The largest absolute Gasteiger partial charge is 0.341 e. The number of hydrogen-bond acceptors (Lipinski definition) is 5. The number of nitrogens with zero attached hydrogens (tertiary/aromatic N) is 5. The monoisotopic (exact) mass is 479 g/mol. The Labute approximate surface area is 205 Å². The van der Waals surface area contributed by atoms with Crippen LogP contribution in [0.1, 0.15) is 44.3 Å². The number of carbonyl (C=O) groups is 2. The Bertz CT molecular complexity index is 1130. The van der Waals surface area contributed by atoms with Gasteiger partial charge in [-0.1, -0.05) is 24.3 Å². The molecule has 0 aliphatic carbocycles. The fourth-order valence-corrected chi connectivity index (χ4v) is 5.76. The minimum Gasteiger partial charge on any atom is -0.341 e. The molecule has 1 aliphatic heterocycles. The van der Waals surface area contributed by atoms with Crippen molar-refractivity contribution in [3.63, 3.8) is 0 Å². The van der Waals surface area contributed by atoms with Crippen LogP contribution in [0, 0.1) is 26.7 Å². The SMILES string of the molecule is Cc1nc(C)c(C(=O)N2CCC(C(Cc3ccccc3C)N(C)C(=O)Cn3cccn3)CC2)s1. The number of likely N-dealkylation sites (N-methyl/N-ethyl adjacent to an activating group) is 1. The van der Waals surface area contributed by atoms with E-state index in [2.05, 4.69) is 35.2 Å². The third-order valence-corrected chi connectivity index (χ3v) is 7.97. The average molecular weight is 480 g/mol. The molecule has 0 spiro atoms. The summed E-state index contributed by atoms with van der Waals surface area (Å²) in [6.07, 6.45) is 6.06. The van der Waals surface area contributed by atoms with Crippen LogP contribution in [-0.4, -0.2) is 62.6 Å². The van der Waals surface area contributed by atoms with Gasteiger partial charge in [0.05, 0.1) is 10.7 Å². The van der Waals surface area contributed by atoms with Gasteiger partial charge in [0, 0.05) is 38.6 Å². The van der Waals surface area contributed by atoms with E-state index in [1.165, 1.54) is 22.5 Å². The highest BCUT2D eigenvalue weighted by Crippen LogP contribution is 2.29.